The zero-order chi connectivity index (χ0) is 13.9. The molecule has 0 radical (unpaired) electrons. The van der Waals surface area contributed by atoms with E-state index in [1.54, 1.807) is 6.92 Å². The highest BCUT2D eigenvalue weighted by Crippen LogP contribution is 2.22. The highest BCUT2D eigenvalue weighted by atomic mass is 32.1. The molecule has 1 fully saturated rings. The van der Waals surface area contributed by atoms with Gasteiger partial charge in [0.05, 0.1) is 18.7 Å². The number of carbonyl (C=O) groups excluding carboxylic acids is 1. The van der Waals surface area contributed by atoms with Gasteiger partial charge >= 0.3 is 6.03 Å². The van der Waals surface area contributed by atoms with Crippen molar-refractivity contribution in [3.8, 4) is 0 Å². The Balaban J connectivity index is 1.80. The molecule has 3 unspecified atom stereocenters. The lowest BCUT2D eigenvalue weighted by Gasteiger charge is -2.24. The second-order valence-electron chi connectivity index (χ2n) is 5.08. The first-order valence-corrected chi connectivity index (χ1v) is 7.34. The van der Waals surface area contributed by atoms with Crippen molar-refractivity contribution in [1.29, 1.82) is 0 Å². The standard InChI is InChI=1S/C13H20N2O3S/c1-9-11(3-5-18-9)15-12(16)14-8-13(2,17)10-4-6-19-7-10/h4,6-7,9,11,17H,3,5,8H2,1-2H3,(H2,14,15,16). The van der Waals surface area contributed by atoms with Gasteiger partial charge in [0.15, 0.2) is 0 Å². The monoisotopic (exact) mass is 284 g/mol. The lowest BCUT2D eigenvalue weighted by molar-refractivity contribution is 0.0594. The SMILES string of the molecule is CC1OCCC1NC(=O)NCC(C)(O)c1ccsc1. The van der Waals surface area contributed by atoms with E-state index in [1.807, 2.05) is 23.8 Å². The van der Waals surface area contributed by atoms with E-state index < -0.39 is 5.60 Å². The van der Waals surface area contributed by atoms with Gasteiger partial charge in [-0.05, 0) is 42.7 Å². The first-order valence-electron chi connectivity index (χ1n) is 6.40. The molecule has 2 rings (SSSR count). The summed E-state index contributed by atoms with van der Waals surface area (Å²) in [6.07, 6.45) is 0.873. The summed E-state index contributed by atoms with van der Waals surface area (Å²) in [5.74, 6) is 0. The van der Waals surface area contributed by atoms with Gasteiger partial charge in [0.1, 0.15) is 5.60 Å². The fraction of sp³-hybridized carbons (Fsp3) is 0.615. The van der Waals surface area contributed by atoms with Crippen LogP contribution in [-0.2, 0) is 10.3 Å². The predicted octanol–water partition coefficient (Wildman–Crippen LogP) is 1.43. The zero-order valence-corrected chi connectivity index (χ0v) is 12.0. The summed E-state index contributed by atoms with van der Waals surface area (Å²) in [4.78, 5) is 11.8. The van der Waals surface area contributed by atoms with Crippen molar-refractivity contribution >= 4 is 17.4 Å². The van der Waals surface area contributed by atoms with Gasteiger partial charge in [0.25, 0.3) is 0 Å². The lowest BCUT2D eigenvalue weighted by Crippen LogP contribution is -2.48. The first kappa shape index (κ1) is 14.3. The molecule has 5 nitrogen and oxygen atoms in total. The maximum absolute atomic E-state index is 11.8. The molecular formula is C13H20N2O3S. The summed E-state index contributed by atoms with van der Waals surface area (Å²) >= 11 is 1.52. The average Bonchev–Trinajstić information content (AvgIpc) is 3.00. The van der Waals surface area contributed by atoms with Crippen LogP contribution in [0.25, 0.3) is 0 Å². The zero-order valence-electron chi connectivity index (χ0n) is 11.2. The quantitative estimate of drug-likeness (QED) is 0.783. The molecular weight excluding hydrogens is 264 g/mol. The third-order valence-electron chi connectivity index (χ3n) is 3.43. The number of ether oxygens (including phenoxy) is 1. The van der Waals surface area contributed by atoms with E-state index >= 15 is 0 Å². The second-order valence-corrected chi connectivity index (χ2v) is 5.86. The molecule has 2 amide bonds. The molecule has 0 aromatic carbocycles. The number of nitrogens with one attached hydrogen (secondary N) is 2. The van der Waals surface area contributed by atoms with Gasteiger partial charge in [-0.25, -0.2) is 4.79 Å². The van der Waals surface area contributed by atoms with Gasteiger partial charge in [-0.2, -0.15) is 11.3 Å². The normalized spacial score (nSPS) is 25.8. The van der Waals surface area contributed by atoms with Crippen molar-refractivity contribution < 1.29 is 14.6 Å². The van der Waals surface area contributed by atoms with Gasteiger partial charge in [0.2, 0.25) is 0 Å². The minimum Gasteiger partial charge on any atom is -0.384 e. The van der Waals surface area contributed by atoms with Crippen LogP contribution in [0, 0.1) is 0 Å². The number of amides is 2. The van der Waals surface area contributed by atoms with E-state index in [9.17, 15) is 9.90 Å². The third kappa shape index (κ3) is 3.68. The molecule has 2 heterocycles. The molecule has 0 aliphatic carbocycles. The molecule has 3 atom stereocenters. The van der Waals surface area contributed by atoms with Gasteiger partial charge in [-0.1, -0.05) is 0 Å². The Kier molecular flexibility index (Phi) is 4.44. The Labute approximate surface area is 117 Å². The van der Waals surface area contributed by atoms with Gasteiger partial charge in [-0.15, -0.1) is 0 Å². The minimum atomic E-state index is -1.05. The first-order chi connectivity index (χ1) is 8.99. The molecule has 1 aromatic heterocycles. The van der Waals surface area contributed by atoms with Crippen molar-refractivity contribution in [2.45, 2.75) is 38.0 Å². The Morgan fingerprint density at radius 3 is 3.05 bits per heavy atom. The molecule has 6 heteroatoms. The van der Waals surface area contributed by atoms with Gasteiger partial charge in [0, 0.05) is 6.61 Å². The van der Waals surface area contributed by atoms with Crippen LogP contribution in [0.3, 0.4) is 0 Å². The van der Waals surface area contributed by atoms with Crippen LogP contribution in [0.2, 0.25) is 0 Å². The van der Waals surface area contributed by atoms with Crippen molar-refractivity contribution in [1.82, 2.24) is 10.6 Å². The number of carbonyl (C=O) groups is 1. The van der Waals surface area contributed by atoms with Crippen LogP contribution in [0.1, 0.15) is 25.8 Å². The molecule has 19 heavy (non-hydrogen) atoms. The summed E-state index contributed by atoms with van der Waals surface area (Å²) in [5.41, 5.74) is -0.231. The molecule has 3 N–H and O–H groups in total. The number of thiophene rings is 1. The Hall–Kier alpha value is -1.11. The smallest absolute Gasteiger partial charge is 0.315 e. The summed E-state index contributed by atoms with van der Waals surface area (Å²) in [6, 6.07) is 1.64. The van der Waals surface area contributed by atoms with E-state index in [4.69, 9.17) is 4.74 Å². The summed E-state index contributed by atoms with van der Waals surface area (Å²) in [6.45, 7) is 4.49. The van der Waals surface area contributed by atoms with E-state index in [1.165, 1.54) is 11.3 Å². The van der Waals surface area contributed by atoms with E-state index in [0.717, 1.165) is 12.0 Å². The van der Waals surface area contributed by atoms with E-state index in [2.05, 4.69) is 10.6 Å². The number of rotatable bonds is 4. The summed E-state index contributed by atoms with van der Waals surface area (Å²) in [7, 11) is 0. The maximum atomic E-state index is 11.8. The van der Waals surface area contributed by atoms with Crippen LogP contribution in [-0.4, -0.2) is 36.4 Å². The fourth-order valence-electron chi connectivity index (χ4n) is 2.07. The van der Waals surface area contributed by atoms with Crippen molar-refractivity contribution in [3.05, 3.63) is 22.4 Å². The Morgan fingerprint density at radius 1 is 1.68 bits per heavy atom. The fourth-order valence-corrected chi connectivity index (χ4v) is 2.85. The number of aliphatic hydroxyl groups is 1. The molecule has 0 spiro atoms. The Bertz CT molecular complexity index is 420. The van der Waals surface area contributed by atoms with Gasteiger partial charge in [-0.3, -0.25) is 0 Å². The van der Waals surface area contributed by atoms with Crippen LogP contribution in [0.15, 0.2) is 16.8 Å². The highest BCUT2D eigenvalue weighted by Gasteiger charge is 2.27. The van der Waals surface area contributed by atoms with Crippen molar-refractivity contribution in [2.75, 3.05) is 13.2 Å². The van der Waals surface area contributed by atoms with E-state index in [-0.39, 0.29) is 24.7 Å². The van der Waals surface area contributed by atoms with Crippen LogP contribution >= 0.6 is 11.3 Å². The highest BCUT2D eigenvalue weighted by molar-refractivity contribution is 7.08. The average molecular weight is 284 g/mol. The summed E-state index contributed by atoms with van der Waals surface area (Å²) in [5, 5.41) is 19.6. The lowest BCUT2D eigenvalue weighted by atomic mass is 9.99. The van der Waals surface area contributed by atoms with Crippen LogP contribution in [0.4, 0.5) is 4.79 Å². The number of urea groups is 1. The topological polar surface area (TPSA) is 70.6 Å². The molecule has 1 aliphatic heterocycles. The predicted molar refractivity (Wildman–Crippen MR) is 74.2 cm³/mol. The third-order valence-corrected chi connectivity index (χ3v) is 4.11. The van der Waals surface area contributed by atoms with Gasteiger partial charge < -0.3 is 20.5 Å². The van der Waals surface area contributed by atoms with Crippen molar-refractivity contribution in [2.24, 2.45) is 0 Å². The van der Waals surface area contributed by atoms with Crippen LogP contribution in [0.5, 0.6) is 0 Å². The number of hydrogen-bond acceptors (Lipinski definition) is 4. The molecule has 1 saturated heterocycles. The van der Waals surface area contributed by atoms with Crippen LogP contribution < -0.4 is 10.6 Å². The molecule has 1 aromatic rings. The van der Waals surface area contributed by atoms with E-state index in [0.29, 0.717) is 6.61 Å². The second kappa shape index (κ2) is 5.90. The molecule has 0 saturated carbocycles. The molecule has 0 bridgehead atoms. The molecule has 106 valence electrons. The minimum absolute atomic E-state index is 0.0446. The van der Waals surface area contributed by atoms with Crippen molar-refractivity contribution in [3.63, 3.8) is 0 Å². The molecule has 1 aliphatic rings. The summed E-state index contributed by atoms with van der Waals surface area (Å²) < 4.78 is 5.38. The maximum Gasteiger partial charge on any atom is 0.315 e. The Morgan fingerprint density at radius 2 is 2.47 bits per heavy atom. The number of hydrogen-bond donors (Lipinski definition) is 3. The largest absolute Gasteiger partial charge is 0.384 e.